The zero-order chi connectivity index (χ0) is 15.9. The first kappa shape index (κ1) is 18.1. The lowest BCUT2D eigenvalue weighted by atomic mass is 9.79. The number of hydrogen-bond donors (Lipinski definition) is 2. The fourth-order valence-electron chi connectivity index (χ4n) is 2.82. The van der Waals surface area contributed by atoms with E-state index in [1.165, 1.54) is 11.8 Å². The summed E-state index contributed by atoms with van der Waals surface area (Å²) < 4.78 is 22.6. The van der Waals surface area contributed by atoms with Crippen LogP contribution >= 0.6 is 0 Å². The summed E-state index contributed by atoms with van der Waals surface area (Å²) >= 11 is 0. The highest BCUT2D eigenvalue weighted by Crippen LogP contribution is 2.31. The van der Waals surface area contributed by atoms with Crippen molar-refractivity contribution in [2.75, 3.05) is 12.0 Å². The third-order valence-electron chi connectivity index (χ3n) is 4.12. The predicted octanol–water partition coefficient (Wildman–Crippen LogP) is 2.47. The molecule has 4 nitrogen and oxygen atoms in total. The molecule has 0 saturated carbocycles. The first-order valence-electron chi connectivity index (χ1n) is 7.57. The molecule has 1 aromatic rings. The summed E-state index contributed by atoms with van der Waals surface area (Å²) in [6.07, 6.45) is 3.73. The average Bonchev–Trinajstić information content (AvgIpc) is 2.45. The van der Waals surface area contributed by atoms with Gasteiger partial charge >= 0.3 is 0 Å². The van der Waals surface area contributed by atoms with Crippen LogP contribution in [0.1, 0.15) is 44.6 Å². The van der Waals surface area contributed by atoms with Crippen LogP contribution in [0, 0.1) is 5.92 Å². The zero-order valence-corrected chi connectivity index (χ0v) is 14.1. The number of hydrazine groups is 1. The molecule has 21 heavy (non-hydrogen) atoms. The second kappa shape index (κ2) is 8.51. The van der Waals surface area contributed by atoms with Crippen molar-refractivity contribution in [1.82, 2.24) is 5.43 Å². The Bertz CT molecular complexity index is 502. The number of nitrogens with one attached hydrogen (secondary N) is 1. The van der Waals surface area contributed by atoms with Crippen molar-refractivity contribution in [3.8, 4) is 0 Å². The van der Waals surface area contributed by atoms with Crippen LogP contribution in [0.2, 0.25) is 0 Å². The lowest BCUT2D eigenvalue weighted by Crippen LogP contribution is -2.42. The summed E-state index contributed by atoms with van der Waals surface area (Å²) in [5, 5.41) is 0. The van der Waals surface area contributed by atoms with Gasteiger partial charge in [-0.05, 0) is 24.3 Å². The van der Waals surface area contributed by atoms with Gasteiger partial charge in [0.05, 0.1) is 0 Å². The third kappa shape index (κ3) is 6.16. The third-order valence-corrected chi connectivity index (χ3v) is 5.15. The number of nitrogens with two attached hydrogens (primary N) is 1. The van der Waals surface area contributed by atoms with Gasteiger partial charge in [-0.25, -0.2) is 8.42 Å². The van der Waals surface area contributed by atoms with E-state index in [1.807, 2.05) is 18.2 Å². The highest BCUT2D eigenvalue weighted by atomic mass is 32.2. The van der Waals surface area contributed by atoms with Gasteiger partial charge in [-0.2, -0.15) is 0 Å². The van der Waals surface area contributed by atoms with Crippen molar-refractivity contribution in [3.63, 3.8) is 0 Å². The normalized spacial score (nSPS) is 16.4. The quantitative estimate of drug-likeness (QED) is 0.543. The van der Waals surface area contributed by atoms with E-state index in [1.54, 1.807) is 0 Å². The van der Waals surface area contributed by atoms with E-state index in [-0.39, 0.29) is 11.8 Å². The van der Waals surface area contributed by atoms with Gasteiger partial charge in [0.25, 0.3) is 0 Å². The highest BCUT2D eigenvalue weighted by molar-refractivity contribution is 7.90. The molecule has 0 fully saturated rings. The van der Waals surface area contributed by atoms with E-state index < -0.39 is 9.84 Å². The van der Waals surface area contributed by atoms with Crippen LogP contribution < -0.4 is 11.3 Å². The first-order valence-corrected chi connectivity index (χ1v) is 9.64. The molecule has 0 aromatic heterocycles. The standard InChI is InChI=1S/C16H28N2O2S/c1-4-13(2)16(14-9-6-5-7-10-14)15(18-17)11-8-12-21(3,19)20/h5-7,9-10,13,15-16,18H,4,8,11-12,17H2,1-3H3. The predicted molar refractivity (Wildman–Crippen MR) is 88.7 cm³/mol. The summed E-state index contributed by atoms with van der Waals surface area (Å²) in [6.45, 7) is 4.39. The van der Waals surface area contributed by atoms with Crippen molar-refractivity contribution < 1.29 is 8.42 Å². The molecule has 1 rings (SSSR count). The molecule has 0 aliphatic heterocycles. The fourth-order valence-corrected chi connectivity index (χ4v) is 3.51. The van der Waals surface area contributed by atoms with E-state index in [2.05, 4.69) is 31.4 Å². The van der Waals surface area contributed by atoms with Gasteiger partial charge in [0.1, 0.15) is 9.84 Å². The summed E-state index contributed by atoms with van der Waals surface area (Å²) in [5.74, 6) is 6.74. The Morgan fingerprint density at radius 3 is 2.33 bits per heavy atom. The first-order chi connectivity index (χ1) is 9.89. The van der Waals surface area contributed by atoms with E-state index in [0.717, 1.165) is 12.8 Å². The van der Waals surface area contributed by atoms with Crippen molar-refractivity contribution in [1.29, 1.82) is 0 Å². The molecule has 3 N–H and O–H groups in total. The Morgan fingerprint density at radius 1 is 1.24 bits per heavy atom. The Labute approximate surface area is 129 Å². The molecular weight excluding hydrogens is 284 g/mol. The SMILES string of the molecule is CCC(C)C(c1ccccc1)C(CCCS(C)(=O)=O)NN. The minimum absolute atomic E-state index is 0.0871. The Hall–Kier alpha value is -0.910. The molecular formula is C16H28N2O2S. The topological polar surface area (TPSA) is 72.2 Å². The number of hydrogen-bond acceptors (Lipinski definition) is 4. The van der Waals surface area contributed by atoms with Gasteiger partial charge in [-0.1, -0.05) is 50.6 Å². The molecule has 0 heterocycles. The Balaban J connectivity index is 2.84. The van der Waals surface area contributed by atoms with E-state index in [9.17, 15) is 8.42 Å². The second-order valence-corrected chi connectivity index (χ2v) is 8.13. The monoisotopic (exact) mass is 312 g/mol. The summed E-state index contributed by atoms with van der Waals surface area (Å²) in [5.41, 5.74) is 4.17. The molecule has 0 amide bonds. The molecule has 0 bridgehead atoms. The van der Waals surface area contributed by atoms with Crippen LogP contribution in [0.4, 0.5) is 0 Å². The fraction of sp³-hybridized carbons (Fsp3) is 0.625. The van der Waals surface area contributed by atoms with Gasteiger partial charge in [0.2, 0.25) is 0 Å². The minimum atomic E-state index is -2.91. The molecule has 3 unspecified atom stereocenters. The molecule has 5 heteroatoms. The van der Waals surface area contributed by atoms with Gasteiger partial charge < -0.3 is 0 Å². The summed E-state index contributed by atoms with van der Waals surface area (Å²) in [4.78, 5) is 0. The number of sulfone groups is 1. The molecule has 0 saturated heterocycles. The Kier molecular flexibility index (Phi) is 7.35. The van der Waals surface area contributed by atoms with E-state index in [0.29, 0.717) is 18.3 Å². The second-order valence-electron chi connectivity index (χ2n) is 5.87. The van der Waals surface area contributed by atoms with Crippen LogP contribution in [-0.4, -0.2) is 26.5 Å². The maximum absolute atomic E-state index is 11.3. The van der Waals surface area contributed by atoms with Crippen LogP contribution in [0.3, 0.4) is 0 Å². The van der Waals surface area contributed by atoms with Gasteiger partial charge in [0, 0.05) is 24.0 Å². The maximum atomic E-state index is 11.3. The van der Waals surface area contributed by atoms with Crippen LogP contribution in [0.25, 0.3) is 0 Å². The molecule has 0 spiro atoms. The molecule has 3 atom stereocenters. The highest BCUT2D eigenvalue weighted by Gasteiger charge is 2.26. The molecule has 120 valence electrons. The Morgan fingerprint density at radius 2 is 1.86 bits per heavy atom. The van der Waals surface area contributed by atoms with Crippen LogP contribution in [-0.2, 0) is 9.84 Å². The van der Waals surface area contributed by atoms with Crippen molar-refractivity contribution in [3.05, 3.63) is 35.9 Å². The van der Waals surface area contributed by atoms with Crippen molar-refractivity contribution in [2.24, 2.45) is 11.8 Å². The van der Waals surface area contributed by atoms with Crippen LogP contribution in [0.15, 0.2) is 30.3 Å². The smallest absolute Gasteiger partial charge is 0.147 e. The summed E-state index contributed by atoms with van der Waals surface area (Å²) in [6, 6.07) is 10.4. The van der Waals surface area contributed by atoms with Crippen LogP contribution in [0.5, 0.6) is 0 Å². The maximum Gasteiger partial charge on any atom is 0.147 e. The lowest BCUT2D eigenvalue weighted by molar-refractivity contribution is 0.322. The lowest BCUT2D eigenvalue weighted by Gasteiger charge is -2.31. The van der Waals surface area contributed by atoms with Gasteiger partial charge in [-0.15, -0.1) is 0 Å². The number of rotatable bonds is 9. The van der Waals surface area contributed by atoms with Crippen molar-refractivity contribution in [2.45, 2.75) is 45.1 Å². The summed E-state index contributed by atoms with van der Waals surface area (Å²) in [7, 11) is -2.91. The van der Waals surface area contributed by atoms with E-state index >= 15 is 0 Å². The number of benzene rings is 1. The van der Waals surface area contributed by atoms with E-state index in [4.69, 9.17) is 5.84 Å². The largest absolute Gasteiger partial charge is 0.271 e. The molecule has 0 aliphatic carbocycles. The van der Waals surface area contributed by atoms with Gasteiger partial charge in [0.15, 0.2) is 0 Å². The molecule has 0 aliphatic rings. The zero-order valence-electron chi connectivity index (χ0n) is 13.2. The molecule has 0 radical (unpaired) electrons. The van der Waals surface area contributed by atoms with Crippen molar-refractivity contribution >= 4 is 9.84 Å². The minimum Gasteiger partial charge on any atom is -0.271 e. The average molecular weight is 312 g/mol. The van der Waals surface area contributed by atoms with Gasteiger partial charge in [-0.3, -0.25) is 11.3 Å². The molecule has 1 aromatic carbocycles.